The largest absolute Gasteiger partial charge is 0.375 e. The lowest BCUT2D eigenvalue weighted by atomic mass is 9.66. The van der Waals surface area contributed by atoms with Gasteiger partial charge in [0.25, 0.3) is 0 Å². The quantitative estimate of drug-likeness (QED) is 0.780. The van der Waals surface area contributed by atoms with Gasteiger partial charge in [0.1, 0.15) is 0 Å². The maximum Gasteiger partial charge on any atom is 0.0685 e. The summed E-state index contributed by atoms with van der Waals surface area (Å²) in [6.07, 6.45) is 8.49. The smallest absolute Gasteiger partial charge is 0.0685 e. The van der Waals surface area contributed by atoms with Crippen molar-refractivity contribution in [2.24, 2.45) is 11.7 Å². The molecule has 3 heteroatoms. The van der Waals surface area contributed by atoms with Crippen molar-refractivity contribution in [2.45, 2.75) is 89.8 Å². The summed E-state index contributed by atoms with van der Waals surface area (Å²) in [4.78, 5) is 2.61. The molecule has 0 aromatic carbocycles. The van der Waals surface area contributed by atoms with E-state index in [0.717, 1.165) is 39.0 Å². The molecule has 1 heterocycles. The van der Waals surface area contributed by atoms with Gasteiger partial charge >= 0.3 is 0 Å². The van der Waals surface area contributed by atoms with Crippen LogP contribution in [-0.4, -0.2) is 41.8 Å². The third-order valence-corrected chi connectivity index (χ3v) is 6.54. The van der Waals surface area contributed by atoms with Gasteiger partial charge in [0.2, 0.25) is 0 Å². The summed E-state index contributed by atoms with van der Waals surface area (Å²) in [5, 5.41) is 0. The third kappa shape index (κ3) is 3.02. The molecule has 0 bridgehead atoms. The average Bonchev–Trinajstić information content (AvgIpc) is 2.50. The van der Waals surface area contributed by atoms with Crippen molar-refractivity contribution < 1.29 is 4.74 Å². The first-order valence-corrected chi connectivity index (χ1v) is 9.22. The molecule has 2 unspecified atom stereocenters. The highest BCUT2D eigenvalue weighted by molar-refractivity contribution is 5.04. The lowest BCUT2D eigenvalue weighted by molar-refractivity contribution is -0.152. The van der Waals surface area contributed by atoms with Crippen molar-refractivity contribution in [1.29, 1.82) is 0 Å². The van der Waals surface area contributed by atoms with Crippen LogP contribution in [-0.2, 0) is 4.74 Å². The van der Waals surface area contributed by atoms with Gasteiger partial charge in [-0.05, 0) is 64.0 Å². The number of hydrogen-bond acceptors (Lipinski definition) is 3. The molecule has 124 valence electrons. The Bertz CT molecular complexity index is 319. The summed E-state index contributed by atoms with van der Waals surface area (Å²) in [7, 11) is 0. The van der Waals surface area contributed by atoms with Crippen LogP contribution in [0.15, 0.2) is 0 Å². The highest BCUT2D eigenvalue weighted by Crippen LogP contribution is 2.46. The predicted molar refractivity (Wildman–Crippen MR) is 89.5 cm³/mol. The van der Waals surface area contributed by atoms with Crippen LogP contribution >= 0.6 is 0 Å². The molecule has 0 aromatic rings. The molecule has 1 aliphatic heterocycles. The normalized spacial score (nSPS) is 26.9. The molecule has 21 heavy (non-hydrogen) atoms. The zero-order valence-corrected chi connectivity index (χ0v) is 14.7. The standard InChI is InChI=1S/C18H36N2O/c1-5-18(6-2,20(7-3)8-4)16(19)15-10-13-21-17(14-15)11-9-12-17/h15-16H,5-14,19H2,1-4H3. The van der Waals surface area contributed by atoms with Crippen LogP contribution in [0.5, 0.6) is 0 Å². The van der Waals surface area contributed by atoms with Crippen LogP contribution in [0.25, 0.3) is 0 Å². The topological polar surface area (TPSA) is 38.5 Å². The number of nitrogens with two attached hydrogens (primary N) is 1. The van der Waals surface area contributed by atoms with Crippen molar-refractivity contribution in [3.05, 3.63) is 0 Å². The number of ether oxygens (including phenoxy) is 1. The van der Waals surface area contributed by atoms with Gasteiger partial charge < -0.3 is 10.5 Å². The molecule has 0 amide bonds. The molecule has 1 saturated heterocycles. The molecule has 1 aliphatic carbocycles. The zero-order valence-electron chi connectivity index (χ0n) is 14.7. The first-order chi connectivity index (χ1) is 10.1. The molecule has 2 N–H and O–H groups in total. The average molecular weight is 296 g/mol. The highest BCUT2D eigenvalue weighted by atomic mass is 16.5. The number of hydrogen-bond donors (Lipinski definition) is 1. The van der Waals surface area contributed by atoms with Crippen molar-refractivity contribution >= 4 is 0 Å². The predicted octanol–water partition coefficient (Wildman–Crippen LogP) is 3.56. The van der Waals surface area contributed by atoms with Crippen LogP contribution in [0, 0.1) is 5.92 Å². The first-order valence-electron chi connectivity index (χ1n) is 9.22. The maximum atomic E-state index is 6.90. The van der Waals surface area contributed by atoms with Gasteiger partial charge in [-0.25, -0.2) is 0 Å². The van der Waals surface area contributed by atoms with E-state index in [1.807, 2.05) is 0 Å². The van der Waals surface area contributed by atoms with E-state index in [0.29, 0.717) is 5.92 Å². The van der Waals surface area contributed by atoms with E-state index in [-0.39, 0.29) is 17.2 Å². The summed E-state index contributed by atoms with van der Waals surface area (Å²) >= 11 is 0. The Labute approximate surface area is 131 Å². The van der Waals surface area contributed by atoms with Crippen molar-refractivity contribution in [3.8, 4) is 0 Å². The van der Waals surface area contributed by atoms with Gasteiger partial charge in [-0.2, -0.15) is 0 Å². The maximum absolute atomic E-state index is 6.90. The summed E-state index contributed by atoms with van der Waals surface area (Å²) in [5.41, 5.74) is 7.27. The molecule has 3 nitrogen and oxygen atoms in total. The van der Waals surface area contributed by atoms with Crippen LogP contribution in [0.1, 0.15) is 72.6 Å². The molecule has 2 aliphatic rings. The molecular formula is C18H36N2O. The fourth-order valence-corrected chi connectivity index (χ4v) is 4.96. The Hall–Kier alpha value is -0.120. The fraction of sp³-hybridized carbons (Fsp3) is 1.00. The minimum absolute atomic E-state index is 0.163. The van der Waals surface area contributed by atoms with E-state index in [1.54, 1.807) is 0 Å². The van der Waals surface area contributed by atoms with Crippen LogP contribution in [0.3, 0.4) is 0 Å². The lowest BCUT2D eigenvalue weighted by Gasteiger charge is -2.54. The van der Waals surface area contributed by atoms with Gasteiger partial charge in [0.05, 0.1) is 5.60 Å². The Balaban J connectivity index is 2.15. The second-order valence-electron chi connectivity index (χ2n) is 7.15. The van der Waals surface area contributed by atoms with Gasteiger partial charge in [-0.1, -0.05) is 27.7 Å². The summed E-state index contributed by atoms with van der Waals surface area (Å²) in [6, 6.07) is 0.272. The second kappa shape index (κ2) is 6.97. The first kappa shape index (κ1) is 17.2. The Morgan fingerprint density at radius 3 is 2.24 bits per heavy atom. The molecule has 1 saturated carbocycles. The molecule has 2 fully saturated rings. The minimum atomic E-state index is 0.163. The molecular weight excluding hydrogens is 260 g/mol. The number of rotatable bonds is 7. The summed E-state index contributed by atoms with van der Waals surface area (Å²) in [5.74, 6) is 0.625. The van der Waals surface area contributed by atoms with Crippen LogP contribution in [0.2, 0.25) is 0 Å². The molecule has 2 atom stereocenters. The van der Waals surface area contributed by atoms with Gasteiger partial charge in [0.15, 0.2) is 0 Å². The van der Waals surface area contributed by atoms with Crippen LogP contribution in [0.4, 0.5) is 0 Å². The minimum Gasteiger partial charge on any atom is -0.375 e. The Morgan fingerprint density at radius 1 is 1.19 bits per heavy atom. The summed E-state index contributed by atoms with van der Waals surface area (Å²) < 4.78 is 6.11. The van der Waals surface area contributed by atoms with E-state index in [9.17, 15) is 0 Å². The number of likely N-dealkylation sites (N-methyl/N-ethyl adjacent to an activating group) is 1. The van der Waals surface area contributed by atoms with Crippen molar-refractivity contribution in [3.63, 3.8) is 0 Å². The van der Waals surface area contributed by atoms with Gasteiger partial charge in [-0.15, -0.1) is 0 Å². The zero-order chi connectivity index (χ0) is 15.5. The molecule has 1 spiro atoms. The monoisotopic (exact) mass is 296 g/mol. The second-order valence-corrected chi connectivity index (χ2v) is 7.15. The third-order valence-electron chi connectivity index (χ3n) is 6.54. The van der Waals surface area contributed by atoms with Crippen LogP contribution < -0.4 is 5.73 Å². The molecule has 0 radical (unpaired) electrons. The Kier molecular flexibility index (Phi) is 5.72. The van der Waals surface area contributed by atoms with E-state index < -0.39 is 0 Å². The van der Waals surface area contributed by atoms with Gasteiger partial charge in [0, 0.05) is 18.2 Å². The van der Waals surface area contributed by atoms with Gasteiger partial charge in [-0.3, -0.25) is 4.90 Å². The molecule has 2 rings (SSSR count). The van der Waals surface area contributed by atoms with E-state index in [1.165, 1.54) is 25.7 Å². The molecule has 0 aromatic heterocycles. The Morgan fingerprint density at radius 2 is 1.81 bits per heavy atom. The van der Waals surface area contributed by atoms with Crippen molar-refractivity contribution in [2.75, 3.05) is 19.7 Å². The van der Waals surface area contributed by atoms with E-state index >= 15 is 0 Å². The highest BCUT2D eigenvalue weighted by Gasteiger charge is 2.48. The fourth-order valence-electron chi connectivity index (χ4n) is 4.96. The van der Waals surface area contributed by atoms with Crippen molar-refractivity contribution in [1.82, 2.24) is 4.90 Å². The van der Waals surface area contributed by atoms with E-state index in [2.05, 4.69) is 32.6 Å². The number of nitrogens with zero attached hydrogens (tertiary/aromatic N) is 1. The SMILES string of the molecule is CCN(CC)C(CC)(CC)C(N)C1CCOC2(CCC2)C1. The summed E-state index contributed by atoms with van der Waals surface area (Å²) in [6.45, 7) is 12.3. The lowest BCUT2D eigenvalue weighted by Crippen LogP contribution is -2.63. The van der Waals surface area contributed by atoms with E-state index in [4.69, 9.17) is 10.5 Å².